The van der Waals surface area contributed by atoms with Gasteiger partial charge in [0.05, 0.1) is 11.7 Å². The van der Waals surface area contributed by atoms with Crippen LogP contribution in [0.5, 0.6) is 5.75 Å². The molecule has 1 aliphatic heterocycles. The maximum Gasteiger partial charge on any atom is 0.270 e. The number of aromatic nitrogens is 2. The number of rotatable bonds is 3. The Hall–Kier alpha value is -2.30. The average molecular weight is 311 g/mol. The van der Waals surface area contributed by atoms with Crippen LogP contribution in [0.2, 0.25) is 0 Å². The topological polar surface area (TPSA) is 56.1 Å². The molecule has 1 amide bonds. The summed E-state index contributed by atoms with van der Waals surface area (Å²) in [5, 5.41) is 7.55. The number of nitrogens with zero attached hydrogens (tertiary/aromatic N) is 2. The zero-order valence-electron chi connectivity index (χ0n) is 13.7. The van der Waals surface area contributed by atoms with E-state index in [0.29, 0.717) is 18.2 Å². The molecule has 1 unspecified atom stereocenters. The summed E-state index contributed by atoms with van der Waals surface area (Å²) in [7, 11) is 1.83. The molecule has 1 fully saturated rings. The maximum atomic E-state index is 12.6. The Morgan fingerprint density at radius 3 is 2.87 bits per heavy atom. The number of carbonyl (C=O) groups excluding carboxylic acids is 1. The molecule has 0 saturated heterocycles. The van der Waals surface area contributed by atoms with Crippen molar-refractivity contribution >= 4 is 5.91 Å². The third-order valence-electron chi connectivity index (χ3n) is 4.91. The molecular formula is C18H21N3O2. The summed E-state index contributed by atoms with van der Waals surface area (Å²) in [6, 6.07) is 5.95. The fourth-order valence-electron chi connectivity index (χ4n) is 3.17. The monoisotopic (exact) mass is 311 g/mol. The van der Waals surface area contributed by atoms with E-state index in [-0.39, 0.29) is 11.9 Å². The van der Waals surface area contributed by atoms with Crippen molar-refractivity contribution in [3.63, 3.8) is 0 Å². The second-order valence-electron chi connectivity index (χ2n) is 6.62. The molecule has 5 nitrogen and oxygen atoms in total. The van der Waals surface area contributed by atoms with Crippen molar-refractivity contribution in [2.75, 3.05) is 6.61 Å². The SMILES string of the molecule is Cc1ccc2c(c1C)OCC2NC(=O)c1cc(C2CC2)nn1C. The fourth-order valence-corrected chi connectivity index (χ4v) is 3.17. The van der Waals surface area contributed by atoms with Gasteiger partial charge in [0, 0.05) is 18.5 Å². The van der Waals surface area contributed by atoms with Gasteiger partial charge in [-0.05, 0) is 43.9 Å². The lowest BCUT2D eigenvalue weighted by atomic mass is 10.0. The molecule has 4 rings (SSSR count). The normalized spacial score (nSPS) is 19.3. The highest BCUT2D eigenvalue weighted by atomic mass is 16.5. The third kappa shape index (κ3) is 2.40. The van der Waals surface area contributed by atoms with E-state index in [4.69, 9.17) is 4.74 Å². The van der Waals surface area contributed by atoms with Gasteiger partial charge in [0.1, 0.15) is 18.1 Å². The van der Waals surface area contributed by atoms with Crippen LogP contribution in [-0.2, 0) is 7.05 Å². The molecule has 1 aliphatic carbocycles. The van der Waals surface area contributed by atoms with E-state index < -0.39 is 0 Å². The summed E-state index contributed by atoms with van der Waals surface area (Å²) < 4.78 is 7.49. The van der Waals surface area contributed by atoms with Gasteiger partial charge in [0.25, 0.3) is 5.91 Å². The molecule has 2 heterocycles. The molecule has 2 aliphatic rings. The standard InChI is InChI=1S/C18H21N3O2/c1-10-4-7-13-15(9-23-17(13)11(10)2)19-18(22)16-8-14(12-5-6-12)20-21(16)3/h4,7-8,12,15H,5-6,9H2,1-3H3,(H,19,22). The minimum Gasteiger partial charge on any atom is -0.490 e. The first-order valence-corrected chi connectivity index (χ1v) is 8.12. The smallest absolute Gasteiger partial charge is 0.270 e. The Bertz CT molecular complexity index is 790. The van der Waals surface area contributed by atoms with Crippen LogP contribution in [0.1, 0.15) is 57.7 Å². The lowest BCUT2D eigenvalue weighted by molar-refractivity contribution is 0.0920. The van der Waals surface area contributed by atoms with E-state index in [9.17, 15) is 4.79 Å². The molecule has 5 heteroatoms. The predicted molar refractivity (Wildman–Crippen MR) is 86.8 cm³/mol. The molecule has 1 aromatic heterocycles. The number of hydrogen-bond acceptors (Lipinski definition) is 3. The molecule has 23 heavy (non-hydrogen) atoms. The van der Waals surface area contributed by atoms with Crippen molar-refractivity contribution < 1.29 is 9.53 Å². The highest BCUT2D eigenvalue weighted by Gasteiger charge is 2.31. The Morgan fingerprint density at radius 1 is 1.35 bits per heavy atom. The number of aryl methyl sites for hydroxylation is 2. The first-order valence-electron chi connectivity index (χ1n) is 8.12. The zero-order valence-corrected chi connectivity index (χ0v) is 13.7. The minimum absolute atomic E-state index is 0.0911. The van der Waals surface area contributed by atoms with Crippen LogP contribution in [0.4, 0.5) is 0 Å². The summed E-state index contributed by atoms with van der Waals surface area (Å²) in [6.45, 7) is 4.61. The van der Waals surface area contributed by atoms with Crippen molar-refractivity contribution in [1.29, 1.82) is 0 Å². The van der Waals surface area contributed by atoms with Gasteiger partial charge in [0.2, 0.25) is 0 Å². The van der Waals surface area contributed by atoms with Crippen LogP contribution in [-0.4, -0.2) is 22.3 Å². The van der Waals surface area contributed by atoms with Crippen molar-refractivity contribution in [1.82, 2.24) is 15.1 Å². The molecule has 1 saturated carbocycles. The highest BCUT2D eigenvalue weighted by molar-refractivity contribution is 5.93. The van der Waals surface area contributed by atoms with E-state index in [1.807, 2.05) is 13.1 Å². The van der Waals surface area contributed by atoms with Gasteiger partial charge in [-0.1, -0.05) is 12.1 Å². The number of fused-ring (bicyclic) bond motifs is 1. The summed E-state index contributed by atoms with van der Waals surface area (Å²) >= 11 is 0. The maximum absolute atomic E-state index is 12.6. The molecule has 0 spiro atoms. The average Bonchev–Trinajstić information content (AvgIpc) is 3.19. The molecule has 2 aromatic rings. The summed E-state index contributed by atoms with van der Waals surface area (Å²) in [6.07, 6.45) is 2.36. The Morgan fingerprint density at radius 2 is 2.13 bits per heavy atom. The lowest BCUT2D eigenvalue weighted by Gasteiger charge is -2.12. The number of ether oxygens (including phenoxy) is 1. The molecule has 120 valence electrons. The third-order valence-corrected chi connectivity index (χ3v) is 4.91. The van der Waals surface area contributed by atoms with Crippen LogP contribution >= 0.6 is 0 Å². The van der Waals surface area contributed by atoms with Crippen LogP contribution < -0.4 is 10.1 Å². The quantitative estimate of drug-likeness (QED) is 0.948. The minimum atomic E-state index is -0.101. The predicted octanol–water partition coefficient (Wildman–Crippen LogP) is 2.78. The molecule has 0 radical (unpaired) electrons. The first kappa shape index (κ1) is 14.3. The van der Waals surface area contributed by atoms with Crippen LogP contribution in [0.15, 0.2) is 18.2 Å². The van der Waals surface area contributed by atoms with E-state index in [1.54, 1.807) is 4.68 Å². The largest absolute Gasteiger partial charge is 0.490 e. The van der Waals surface area contributed by atoms with Gasteiger partial charge >= 0.3 is 0 Å². The molecule has 1 N–H and O–H groups in total. The van der Waals surface area contributed by atoms with Gasteiger partial charge in [-0.25, -0.2) is 0 Å². The Labute approximate surface area is 135 Å². The van der Waals surface area contributed by atoms with Gasteiger partial charge in [0.15, 0.2) is 0 Å². The number of benzene rings is 1. The van der Waals surface area contributed by atoms with E-state index in [1.165, 1.54) is 18.4 Å². The zero-order chi connectivity index (χ0) is 16.1. The second kappa shape index (κ2) is 5.11. The summed E-state index contributed by atoms with van der Waals surface area (Å²) in [5.41, 5.74) is 5.06. The van der Waals surface area contributed by atoms with Crippen molar-refractivity contribution in [2.45, 2.75) is 38.6 Å². The second-order valence-corrected chi connectivity index (χ2v) is 6.62. The van der Waals surface area contributed by atoms with Gasteiger partial charge < -0.3 is 10.1 Å². The number of hydrogen-bond donors (Lipinski definition) is 1. The summed E-state index contributed by atoms with van der Waals surface area (Å²) in [5.74, 6) is 1.37. The van der Waals surface area contributed by atoms with E-state index in [0.717, 1.165) is 22.6 Å². The lowest BCUT2D eigenvalue weighted by Crippen LogP contribution is -2.30. The van der Waals surface area contributed by atoms with Crippen LogP contribution in [0.25, 0.3) is 0 Å². The highest BCUT2D eigenvalue weighted by Crippen LogP contribution is 2.39. The van der Waals surface area contributed by atoms with Crippen LogP contribution in [0, 0.1) is 13.8 Å². The molecule has 1 aromatic carbocycles. The van der Waals surface area contributed by atoms with Gasteiger partial charge in [-0.2, -0.15) is 5.10 Å². The molecule has 0 bridgehead atoms. The molecular weight excluding hydrogens is 290 g/mol. The number of amides is 1. The van der Waals surface area contributed by atoms with Gasteiger partial charge in [-0.15, -0.1) is 0 Å². The van der Waals surface area contributed by atoms with Crippen molar-refractivity contribution in [3.8, 4) is 5.75 Å². The number of nitrogens with one attached hydrogen (secondary N) is 1. The van der Waals surface area contributed by atoms with Crippen molar-refractivity contribution in [2.24, 2.45) is 7.05 Å². The van der Waals surface area contributed by atoms with Crippen LogP contribution in [0.3, 0.4) is 0 Å². The number of carbonyl (C=O) groups is 1. The van der Waals surface area contributed by atoms with Gasteiger partial charge in [-0.3, -0.25) is 9.48 Å². The Balaban J connectivity index is 1.56. The van der Waals surface area contributed by atoms with Crippen molar-refractivity contribution in [3.05, 3.63) is 46.3 Å². The molecule has 1 atom stereocenters. The van der Waals surface area contributed by atoms with E-state index in [2.05, 4.69) is 36.4 Å². The van der Waals surface area contributed by atoms with E-state index >= 15 is 0 Å². The summed E-state index contributed by atoms with van der Waals surface area (Å²) in [4.78, 5) is 12.6. The Kier molecular flexibility index (Phi) is 3.18. The fraction of sp³-hybridized carbons (Fsp3) is 0.444. The first-order chi connectivity index (χ1) is 11.0.